The summed E-state index contributed by atoms with van der Waals surface area (Å²) >= 11 is 8.04. The van der Waals surface area contributed by atoms with E-state index < -0.39 is 0 Å². The van der Waals surface area contributed by atoms with Gasteiger partial charge in [0.15, 0.2) is 0 Å². The van der Waals surface area contributed by atoms with E-state index in [2.05, 4.69) is 32.0 Å². The molecule has 0 aliphatic heterocycles. The lowest BCUT2D eigenvalue weighted by Crippen LogP contribution is -1.94. The third-order valence-electron chi connectivity index (χ3n) is 2.08. The van der Waals surface area contributed by atoms with Crippen LogP contribution < -0.4 is 0 Å². The molecule has 0 heterocycles. The molecule has 14 heavy (non-hydrogen) atoms. The Bertz CT molecular complexity index is 294. The molecule has 0 spiro atoms. The molecule has 1 aromatic carbocycles. The van der Waals surface area contributed by atoms with Crippen molar-refractivity contribution >= 4 is 23.4 Å². The maximum atomic E-state index is 6.05. The van der Waals surface area contributed by atoms with Gasteiger partial charge in [-0.05, 0) is 41.5 Å². The molecule has 0 nitrogen and oxygen atoms in total. The molecule has 0 amide bonds. The molecule has 0 saturated carbocycles. The fourth-order valence-corrected chi connectivity index (χ4v) is 2.23. The standard InChI is InChI=1S/C12H17ClS/c1-9(2)14-7-6-11-5-4-10(3)12(13)8-11/h4-5,8-9H,6-7H2,1-3H3. The Morgan fingerprint density at radius 3 is 2.64 bits per heavy atom. The van der Waals surface area contributed by atoms with Crippen LogP contribution in [0.25, 0.3) is 0 Å². The fraction of sp³-hybridized carbons (Fsp3) is 0.500. The molecule has 0 radical (unpaired) electrons. The Kier molecular flexibility index (Phi) is 4.83. The van der Waals surface area contributed by atoms with Crippen molar-refractivity contribution < 1.29 is 0 Å². The Morgan fingerprint density at radius 1 is 1.36 bits per heavy atom. The van der Waals surface area contributed by atoms with Crippen LogP contribution in [0.5, 0.6) is 0 Å². The summed E-state index contributed by atoms with van der Waals surface area (Å²) in [4.78, 5) is 0. The van der Waals surface area contributed by atoms with Crippen molar-refractivity contribution in [2.24, 2.45) is 0 Å². The number of rotatable bonds is 4. The summed E-state index contributed by atoms with van der Waals surface area (Å²) in [7, 11) is 0. The Hall–Kier alpha value is -0.140. The van der Waals surface area contributed by atoms with Crippen LogP contribution in [0.3, 0.4) is 0 Å². The molecule has 0 aliphatic rings. The summed E-state index contributed by atoms with van der Waals surface area (Å²) in [5.41, 5.74) is 2.50. The smallest absolute Gasteiger partial charge is 0.0437 e. The van der Waals surface area contributed by atoms with Gasteiger partial charge in [-0.3, -0.25) is 0 Å². The van der Waals surface area contributed by atoms with E-state index in [0.29, 0.717) is 0 Å². The van der Waals surface area contributed by atoms with Crippen LogP contribution in [0.4, 0.5) is 0 Å². The van der Waals surface area contributed by atoms with Crippen LogP contribution in [-0.2, 0) is 6.42 Å². The maximum absolute atomic E-state index is 6.05. The summed E-state index contributed by atoms with van der Waals surface area (Å²) in [6.45, 7) is 6.49. The van der Waals surface area contributed by atoms with E-state index in [1.54, 1.807) is 0 Å². The van der Waals surface area contributed by atoms with Gasteiger partial charge in [-0.2, -0.15) is 11.8 Å². The highest BCUT2D eigenvalue weighted by molar-refractivity contribution is 7.99. The van der Waals surface area contributed by atoms with E-state index in [-0.39, 0.29) is 0 Å². The van der Waals surface area contributed by atoms with E-state index in [4.69, 9.17) is 11.6 Å². The zero-order valence-electron chi connectivity index (χ0n) is 9.01. The van der Waals surface area contributed by atoms with Gasteiger partial charge >= 0.3 is 0 Å². The van der Waals surface area contributed by atoms with Gasteiger partial charge in [-0.15, -0.1) is 0 Å². The molecule has 0 aromatic heterocycles. The molecule has 1 aromatic rings. The molecule has 78 valence electrons. The van der Waals surface area contributed by atoms with Crippen molar-refractivity contribution in [3.05, 3.63) is 34.3 Å². The van der Waals surface area contributed by atoms with Crippen molar-refractivity contribution in [2.45, 2.75) is 32.4 Å². The minimum atomic E-state index is 0.718. The molecule has 0 aliphatic carbocycles. The highest BCUT2D eigenvalue weighted by Gasteiger charge is 1.99. The quantitative estimate of drug-likeness (QED) is 0.739. The van der Waals surface area contributed by atoms with Crippen molar-refractivity contribution in [3.63, 3.8) is 0 Å². The van der Waals surface area contributed by atoms with Crippen LogP contribution in [0, 0.1) is 6.92 Å². The summed E-state index contributed by atoms with van der Waals surface area (Å²) in [6, 6.07) is 6.34. The highest BCUT2D eigenvalue weighted by atomic mass is 35.5. The van der Waals surface area contributed by atoms with Gasteiger partial charge in [-0.25, -0.2) is 0 Å². The van der Waals surface area contributed by atoms with Crippen molar-refractivity contribution in [1.82, 2.24) is 0 Å². The van der Waals surface area contributed by atoms with Gasteiger partial charge in [0, 0.05) is 5.02 Å². The lowest BCUT2D eigenvalue weighted by molar-refractivity contribution is 1.09. The number of hydrogen-bond donors (Lipinski definition) is 0. The molecule has 0 unspecified atom stereocenters. The van der Waals surface area contributed by atoms with Gasteiger partial charge < -0.3 is 0 Å². The van der Waals surface area contributed by atoms with Crippen molar-refractivity contribution in [3.8, 4) is 0 Å². The zero-order valence-corrected chi connectivity index (χ0v) is 10.6. The number of aryl methyl sites for hydroxylation is 2. The molecule has 0 atom stereocenters. The van der Waals surface area contributed by atoms with Crippen LogP contribution in [0.2, 0.25) is 5.02 Å². The van der Waals surface area contributed by atoms with Gasteiger partial charge in [0.2, 0.25) is 0 Å². The Morgan fingerprint density at radius 2 is 2.07 bits per heavy atom. The first-order valence-corrected chi connectivity index (χ1v) is 6.39. The second-order valence-electron chi connectivity index (χ2n) is 3.75. The molecule has 0 N–H and O–H groups in total. The lowest BCUT2D eigenvalue weighted by Gasteiger charge is -2.06. The topological polar surface area (TPSA) is 0 Å². The Labute approximate surface area is 96.0 Å². The molecule has 0 fully saturated rings. The van der Waals surface area contributed by atoms with E-state index in [1.807, 2.05) is 18.7 Å². The minimum absolute atomic E-state index is 0.718. The third kappa shape index (κ3) is 3.93. The van der Waals surface area contributed by atoms with Crippen molar-refractivity contribution in [1.29, 1.82) is 0 Å². The second-order valence-corrected chi connectivity index (χ2v) is 5.84. The van der Waals surface area contributed by atoms with E-state index in [0.717, 1.165) is 22.3 Å². The fourth-order valence-electron chi connectivity index (χ4n) is 1.20. The second kappa shape index (κ2) is 5.67. The molecular weight excluding hydrogens is 212 g/mol. The summed E-state index contributed by atoms with van der Waals surface area (Å²) in [5.74, 6) is 1.18. The number of halogens is 1. The first-order chi connectivity index (χ1) is 6.59. The first-order valence-electron chi connectivity index (χ1n) is 4.96. The monoisotopic (exact) mass is 228 g/mol. The van der Waals surface area contributed by atoms with Crippen LogP contribution in [-0.4, -0.2) is 11.0 Å². The summed E-state index contributed by atoms with van der Waals surface area (Å²) in [5, 5.41) is 1.60. The third-order valence-corrected chi connectivity index (χ3v) is 3.59. The highest BCUT2D eigenvalue weighted by Crippen LogP contribution is 2.18. The van der Waals surface area contributed by atoms with Crippen LogP contribution in [0.1, 0.15) is 25.0 Å². The zero-order chi connectivity index (χ0) is 10.6. The van der Waals surface area contributed by atoms with Crippen molar-refractivity contribution in [2.75, 3.05) is 5.75 Å². The number of thioether (sulfide) groups is 1. The molecule has 2 heteroatoms. The van der Waals surface area contributed by atoms with Gasteiger partial charge in [0.1, 0.15) is 0 Å². The minimum Gasteiger partial charge on any atom is -0.159 e. The molecule has 0 bridgehead atoms. The van der Waals surface area contributed by atoms with Crippen LogP contribution in [0.15, 0.2) is 18.2 Å². The number of benzene rings is 1. The van der Waals surface area contributed by atoms with E-state index in [9.17, 15) is 0 Å². The Balaban J connectivity index is 2.47. The van der Waals surface area contributed by atoms with Gasteiger partial charge in [0.05, 0.1) is 0 Å². The first kappa shape index (κ1) is 11.9. The number of hydrogen-bond acceptors (Lipinski definition) is 1. The molecule has 0 saturated heterocycles. The summed E-state index contributed by atoms with van der Waals surface area (Å²) < 4.78 is 0. The van der Waals surface area contributed by atoms with E-state index in [1.165, 1.54) is 11.3 Å². The average molecular weight is 229 g/mol. The predicted octanol–water partition coefficient (Wildman–Crippen LogP) is 4.33. The van der Waals surface area contributed by atoms with E-state index >= 15 is 0 Å². The van der Waals surface area contributed by atoms with Gasteiger partial charge in [-0.1, -0.05) is 37.6 Å². The summed E-state index contributed by atoms with van der Waals surface area (Å²) in [6.07, 6.45) is 1.11. The normalized spacial score (nSPS) is 10.9. The molecular formula is C12H17ClS. The predicted molar refractivity (Wildman–Crippen MR) is 67.5 cm³/mol. The maximum Gasteiger partial charge on any atom is 0.0437 e. The van der Waals surface area contributed by atoms with Crippen LogP contribution >= 0.6 is 23.4 Å². The largest absolute Gasteiger partial charge is 0.159 e. The molecule has 1 rings (SSSR count). The SMILES string of the molecule is Cc1ccc(CCSC(C)C)cc1Cl. The lowest BCUT2D eigenvalue weighted by atomic mass is 10.1. The van der Waals surface area contributed by atoms with Gasteiger partial charge in [0.25, 0.3) is 0 Å². The average Bonchev–Trinajstić information content (AvgIpc) is 2.10.